The van der Waals surface area contributed by atoms with Gasteiger partial charge in [-0.25, -0.2) is 8.42 Å². The Morgan fingerprint density at radius 1 is 1.06 bits per heavy atom. The van der Waals surface area contributed by atoms with Crippen molar-refractivity contribution in [2.75, 3.05) is 10.1 Å². The molecule has 0 atom stereocenters. The van der Waals surface area contributed by atoms with Crippen LogP contribution in [0.5, 0.6) is 11.5 Å². The first-order chi connectivity index (χ1) is 15.1. The van der Waals surface area contributed by atoms with E-state index in [2.05, 4.69) is 15.2 Å². The van der Waals surface area contributed by atoms with Gasteiger partial charge in [0, 0.05) is 23.8 Å². The Labute approximate surface area is 188 Å². The highest BCUT2D eigenvalue weighted by Gasteiger charge is 2.23. The zero-order valence-corrected chi connectivity index (χ0v) is 18.1. The van der Waals surface area contributed by atoms with Crippen LogP contribution < -0.4 is 10.1 Å². The zero-order chi connectivity index (χ0) is 23.5. The number of hydrazone groups is 1. The summed E-state index contributed by atoms with van der Waals surface area (Å²) in [5.74, 6) is -0.369. The smallest absolute Gasteiger partial charge is 0.270 e. The lowest BCUT2D eigenvalue weighted by atomic mass is 10.1. The molecule has 0 aromatic heterocycles. The average Bonchev–Trinajstić information content (AvgIpc) is 2.73. The van der Waals surface area contributed by atoms with E-state index in [9.17, 15) is 28.7 Å². The van der Waals surface area contributed by atoms with Gasteiger partial charge in [0.25, 0.3) is 15.7 Å². The van der Waals surface area contributed by atoms with Crippen LogP contribution in [0.3, 0.4) is 0 Å². The number of nitro groups is 1. The molecule has 32 heavy (non-hydrogen) atoms. The maximum absolute atomic E-state index is 13.0. The van der Waals surface area contributed by atoms with Gasteiger partial charge in [-0.1, -0.05) is 23.7 Å². The van der Waals surface area contributed by atoms with Crippen molar-refractivity contribution in [1.82, 2.24) is 0 Å². The third kappa shape index (κ3) is 5.07. The van der Waals surface area contributed by atoms with Gasteiger partial charge < -0.3 is 10.2 Å². The number of non-ortho nitro benzene ring substituents is 1. The minimum absolute atomic E-state index is 0.0484. The molecule has 3 rings (SSSR count). The van der Waals surface area contributed by atoms with Gasteiger partial charge in [0.2, 0.25) is 0 Å². The molecule has 0 fully saturated rings. The molecule has 3 aromatic rings. The first kappa shape index (κ1) is 22.8. The van der Waals surface area contributed by atoms with Crippen LogP contribution in [0.25, 0.3) is 0 Å². The topological polar surface area (TPSA) is 154 Å². The second-order valence-corrected chi connectivity index (χ2v) is 8.59. The molecular formula is C20H17ClN4O6S. The second-order valence-electron chi connectivity index (χ2n) is 6.53. The number of benzene rings is 3. The summed E-state index contributed by atoms with van der Waals surface area (Å²) in [5, 5.41) is 34.8. The van der Waals surface area contributed by atoms with E-state index in [1.165, 1.54) is 30.3 Å². The van der Waals surface area contributed by atoms with Crippen molar-refractivity contribution in [3.63, 3.8) is 0 Å². The van der Waals surface area contributed by atoms with E-state index in [0.29, 0.717) is 0 Å². The Morgan fingerprint density at radius 3 is 2.44 bits per heavy atom. The van der Waals surface area contributed by atoms with Crippen LogP contribution in [0.1, 0.15) is 12.5 Å². The van der Waals surface area contributed by atoms with Gasteiger partial charge in [-0.2, -0.15) is 5.10 Å². The van der Waals surface area contributed by atoms with Crippen LogP contribution in [-0.2, 0) is 10.0 Å². The number of nitrogens with zero attached hydrogens (tertiary/aromatic N) is 2. The molecule has 0 saturated carbocycles. The highest BCUT2D eigenvalue weighted by Crippen LogP contribution is 2.31. The fourth-order valence-electron chi connectivity index (χ4n) is 2.71. The van der Waals surface area contributed by atoms with Gasteiger partial charge >= 0.3 is 0 Å². The highest BCUT2D eigenvalue weighted by atomic mass is 35.5. The Kier molecular flexibility index (Phi) is 6.51. The van der Waals surface area contributed by atoms with Crippen molar-refractivity contribution < 1.29 is 23.6 Å². The van der Waals surface area contributed by atoms with Crippen LogP contribution in [-0.4, -0.2) is 29.3 Å². The molecule has 0 aliphatic heterocycles. The molecule has 0 unspecified atom stereocenters. The summed E-state index contributed by atoms with van der Waals surface area (Å²) in [6.07, 6.45) is 0. The van der Waals surface area contributed by atoms with Crippen molar-refractivity contribution in [2.45, 2.75) is 11.8 Å². The number of hydrogen-bond acceptors (Lipinski definition) is 8. The molecule has 4 N–H and O–H groups in total. The fraction of sp³-hybridized carbons (Fsp3) is 0.0500. The van der Waals surface area contributed by atoms with Crippen LogP contribution in [0.2, 0.25) is 5.02 Å². The minimum Gasteiger partial charge on any atom is -0.508 e. The van der Waals surface area contributed by atoms with E-state index in [0.717, 1.165) is 18.2 Å². The second kappa shape index (κ2) is 9.12. The van der Waals surface area contributed by atoms with Crippen LogP contribution in [0, 0.1) is 10.1 Å². The predicted molar refractivity (Wildman–Crippen MR) is 121 cm³/mol. The van der Waals surface area contributed by atoms with Crippen molar-refractivity contribution in [1.29, 1.82) is 0 Å². The van der Waals surface area contributed by atoms with Crippen molar-refractivity contribution in [3.8, 4) is 11.5 Å². The summed E-state index contributed by atoms with van der Waals surface area (Å²) in [7, 11) is -4.30. The number of rotatable bonds is 7. The number of phenolic OH excluding ortho intramolecular Hbond substituents is 2. The van der Waals surface area contributed by atoms with Crippen LogP contribution in [0.4, 0.5) is 17.1 Å². The number of aromatic hydroxyl groups is 2. The molecule has 0 aliphatic carbocycles. The van der Waals surface area contributed by atoms with Crippen LogP contribution >= 0.6 is 11.6 Å². The molecule has 3 aromatic carbocycles. The summed E-state index contributed by atoms with van der Waals surface area (Å²) in [4.78, 5) is 10.0. The molecule has 0 spiro atoms. The standard InChI is InChI=1S/C20H17ClN4O6S/c1-12(15-8-7-14(26)11-19(15)27)22-23-18-9-6-13(25(28)29)10-20(18)32(30,31)24-17-5-3-2-4-16(17)21/h2-11,23-24,26-27H,1H3. The predicted octanol–water partition coefficient (Wildman–Crippen LogP) is 4.30. The fourth-order valence-corrected chi connectivity index (χ4v) is 4.21. The maximum Gasteiger partial charge on any atom is 0.270 e. The van der Waals surface area contributed by atoms with Gasteiger partial charge in [-0.15, -0.1) is 0 Å². The number of nitro benzene ring substituents is 1. The van der Waals surface area contributed by atoms with Gasteiger partial charge in [0.15, 0.2) is 0 Å². The summed E-state index contributed by atoms with van der Waals surface area (Å²) in [6.45, 7) is 1.54. The maximum atomic E-state index is 13.0. The normalized spacial score (nSPS) is 11.8. The summed E-state index contributed by atoms with van der Waals surface area (Å²) >= 11 is 6.02. The van der Waals surface area contributed by atoms with Gasteiger partial charge in [0.1, 0.15) is 16.4 Å². The summed E-state index contributed by atoms with van der Waals surface area (Å²) < 4.78 is 28.3. The SMILES string of the molecule is CC(=NNc1ccc([N+](=O)[O-])cc1S(=O)(=O)Nc1ccccc1Cl)c1ccc(O)cc1O. The zero-order valence-electron chi connectivity index (χ0n) is 16.5. The van der Waals surface area contributed by atoms with Crippen molar-refractivity contribution in [2.24, 2.45) is 5.10 Å². The third-order valence-corrected chi connectivity index (χ3v) is 6.03. The van der Waals surface area contributed by atoms with Crippen molar-refractivity contribution in [3.05, 3.63) is 81.4 Å². The lowest BCUT2D eigenvalue weighted by molar-refractivity contribution is -0.385. The Bertz CT molecular complexity index is 1330. The van der Waals surface area contributed by atoms with E-state index in [1.54, 1.807) is 19.1 Å². The number of nitrogens with one attached hydrogen (secondary N) is 2. The van der Waals surface area contributed by atoms with E-state index in [4.69, 9.17) is 11.6 Å². The molecular weight excluding hydrogens is 460 g/mol. The quantitative estimate of drug-likeness (QED) is 0.225. The van der Waals surface area contributed by atoms with Crippen LogP contribution in [0.15, 0.2) is 70.7 Å². The number of para-hydroxylation sites is 1. The van der Waals surface area contributed by atoms with E-state index < -0.39 is 25.5 Å². The average molecular weight is 477 g/mol. The summed E-state index contributed by atoms with van der Waals surface area (Å²) in [5.41, 5.74) is 2.73. The summed E-state index contributed by atoms with van der Waals surface area (Å²) in [6, 6.07) is 13.3. The molecule has 10 nitrogen and oxygen atoms in total. The number of hydrogen-bond donors (Lipinski definition) is 4. The number of phenols is 2. The lowest BCUT2D eigenvalue weighted by Gasteiger charge is -2.13. The van der Waals surface area contributed by atoms with Gasteiger partial charge in [-0.05, 0) is 37.3 Å². The molecule has 0 amide bonds. The first-order valence-electron chi connectivity index (χ1n) is 8.97. The number of halogens is 1. The van der Waals surface area contributed by atoms with E-state index in [1.807, 2.05) is 0 Å². The van der Waals surface area contributed by atoms with E-state index >= 15 is 0 Å². The van der Waals surface area contributed by atoms with Gasteiger partial charge in [0.05, 0.1) is 27.0 Å². The molecule has 12 heteroatoms. The Morgan fingerprint density at radius 2 is 1.78 bits per heavy atom. The molecule has 0 heterocycles. The molecule has 0 aliphatic rings. The number of anilines is 2. The highest BCUT2D eigenvalue weighted by molar-refractivity contribution is 7.93. The minimum atomic E-state index is -4.30. The molecule has 0 saturated heterocycles. The first-order valence-corrected chi connectivity index (χ1v) is 10.8. The van der Waals surface area contributed by atoms with E-state index in [-0.39, 0.29) is 39.2 Å². The van der Waals surface area contributed by atoms with Gasteiger partial charge in [-0.3, -0.25) is 20.3 Å². The third-order valence-electron chi connectivity index (χ3n) is 4.30. The molecule has 0 bridgehead atoms. The largest absolute Gasteiger partial charge is 0.508 e. The number of sulfonamides is 1. The molecule has 0 radical (unpaired) electrons. The monoisotopic (exact) mass is 476 g/mol. The Balaban J connectivity index is 2.01. The Hall–Kier alpha value is -3.83. The van der Waals surface area contributed by atoms with Crippen molar-refractivity contribution >= 4 is 44.4 Å². The lowest BCUT2D eigenvalue weighted by Crippen LogP contribution is -2.15. The molecule has 166 valence electrons.